The first-order valence-corrected chi connectivity index (χ1v) is 13.8. The third kappa shape index (κ3) is 4.85. The maximum atomic E-state index is 14.3. The van der Waals surface area contributed by atoms with Crippen molar-refractivity contribution in [2.45, 2.75) is 45.3 Å². The van der Waals surface area contributed by atoms with Crippen molar-refractivity contribution in [3.05, 3.63) is 88.6 Å². The summed E-state index contributed by atoms with van der Waals surface area (Å²) in [5, 5.41) is 19.5. The molecule has 11 heteroatoms. The normalized spacial score (nSPS) is 16.7. The van der Waals surface area contributed by atoms with E-state index in [1.807, 2.05) is 12.1 Å². The maximum absolute atomic E-state index is 14.3. The molecular formula is C31H27FN6O4. The van der Waals surface area contributed by atoms with Crippen molar-refractivity contribution in [1.82, 2.24) is 24.0 Å². The van der Waals surface area contributed by atoms with Gasteiger partial charge < -0.3 is 23.7 Å². The van der Waals surface area contributed by atoms with Gasteiger partial charge in [-0.25, -0.2) is 14.2 Å². The molecular weight excluding hydrogens is 539 g/mol. The second-order valence-corrected chi connectivity index (χ2v) is 10.7. The minimum absolute atomic E-state index is 0.0122. The lowest BCUT2D eigenvalue weighted by atomic mass is 10.1. The second-order valence-electron chi connectivity index (χ2n) is 10.7. The summed E-state index contributed by atoms with van der Waals surface area (Å²) in [6.45, 7) is 4.23. The van der Waals surface area contributed by atoms with Crippen molar-refractivity contribution in [3.8, 4) is 11.9 Å². The van der Waals surface area contributed by atoms with Crippen molar-refractivity contribution >= 4 is 28.0 Å². The van der Waals surface area contributed by atoms with Gasteiger partial charge in [-0.15, -0.1) is 0 Å². The number of carbonyl (C=O) groups is 1. The molecule has 0 aliphatic carbocycles. The van der Waals surface area contributed by atoms with Gasteiger partial charge in [-0.3, -0.25) is 4.90 Å². The van der Waals surface area contributed by atoms with Crippen LogP contribution >= 0.6 is 0 Å². The van der Waals surface area contributed by atoms with Gasteiger partial charge in [-0.1, -0.05) is 6.07 Å². The molecule has 1 N–H and O–H groups in total. The molecule has 0 radical (unpaired) electrons. The molecule has 1 fully saturated rings. The summed E-state index contributed by atoms with van der Waals surface area (Å²) >= 11 is 0. The molecule has 5 heterocycles. The summed E-state index contributed by atoms with van der Waals surface area (Å²) in [7, 11) is 0. The van der Waals surface area contributed by atoms with Crippen molar-refractivity contribution in [1.29, 1.82) is 5.26 Å². The first-order valence-electron chi connectivity index (χ1n) is 13.8. The monoisotopic (exact) mass is 566 g/mol. The average Bonchev–Trinajstić information content (AvgIpc) is 3.50. The number of nitriles is 1. The molecule has 42 heavy (non-hydrogen) atoms. The minimum Gasteiger partial charge on any atom is -0.478 e. The van der Waals surface area contributed by atoms with Crippen LogP contribution < -0.4 is 4.74 Å². The Kier molecular flexibility index (Phi) is 6.57. The van der Waals surface area contributed by atoms with Crippen LogP contribution in [0.1, 0.15) is 39.4 Å². The number of halogens is 1. The minimum atomic E-state index is -0.960. The lowest BCUT2D eigenvalue weighted by molar-refractivity contribution is -0.0592. The van der Waals surface area contributed by atoms with Gasteiger partial charge in [0.05, 0.1) is 47.4 Å². The Labute approximate surface area is 240 Å². The molecule has 7 rings (SSSR count). The van der Waals surface area contributed by atoms with Gasteiger partial charge in [0.1, 0.15) is 23.9 Å². The van der Waals surface area contributed by atoms with E-state index in [0.717, 1.165) is 59.7 Å². The lowest BCUT2D eigenvalue weighted by Gasteiger charge is -2.30. The molecule has 0 bridgehead atoms. The standard InChI is InChI=1S/C31H27FN6O4/c32-25-11-19(14-33)1-2-22(25)18-42-29-6-4-20-12-23-15-36(8-9-37(23)30(20)35-29)17-28-34-26-5-3-21(31(39)40)13-27(26)38(28)16-24-7-10-41-24/h1-6,11-13,24H,7-10,15-18H2,(H,39,40)/t24-/m0/s1. The van der Waals surface area contributed by atoms with Crippen LogP contribution in [0.3, 0.4) is 0 Å². The maximum Gasteiger partial charge on any atom is 0.335 e. The number of nitrogens with zero attached hydrogens (tertiary/aromatic N) is 6. The van der Waals surface area contributed by atoms with Gasteiger partial charge in [-0.05, 0) is 48.9 Å². The Balaban J connectivity index is 1.10. The molecule has 5 aromatic rings. The third-order valence-electron chi connectivity index (χ3n) is 8.01. The molecule has 1 saturated heterocycles. The second kappa shape index (κ2) is 10.6. The Morgan fingerprint density at radius 2 is 2.02 bits per heavy atom. The highest BCUT2D eigenvalue weighted by Crippen LogP contribution is 2.28. The van der Waals surface area contributed by atoms with Gasteiger partial charge in [0.25, 0.3) is 0 Å². The first-order chi connectivity index (χ1) is 20.4. The van der Waals surface area contributed by atoms with Crippen molar-refractivity contribution < 1.29 is 23.8 Å². The highest BCUT2D eigenvalue weighted by molar-refractivity contribution is 5.92. The van der Waals surface area contributed by atoms with Crippen LogP contribution in [0, 0.1) is 17.1 Å². The van der Waals surface area contributed by atoms with Crippen LogP contribution in [-0.2, 0) is 37.5 Å². The van der Waals surface area contributed by atoms with E-state index >= 15 is 0 Å². The van der Waals surface area contributed by atoms with E-state index in [2.05, 4.69) is 20.1 Å². The Morgan fingerprint density at radius 3 is 2.79 bits per heavy atom. The summed E-state index contributed by atoms with van der Waals surface area (Å²) in [5.74, 6) is -0.149. The fourth-order valence-electron chi connectivity index (χ4n) is 5.66. The number of aromatic carboxylic acids is 1. The number of aromatic nitrogens is 4. The van der Waals surface area contributed by atoms with E-state index in [1.54, 1.807) is 36.4 Å². The first kappa shape index (κ1) is 26.1. The number of hydrogen-bond donors (Lipinski definition) is 1. The Bertz CT molecular complexity index is 1890. The number of rotatable bonds is 8. The van der Waals surface area contributed by atoms with Crippen molar-refractivity contribution in [3.63, 3.8) is 0 Å². The number of carboxylic acids is 1. The van der Waals surface area contributed by atoms with Crippen LogP contribution in [0.2, 0.25) is 0 Å². The summed E-state index contributed by atoms with van der Waals surface area (Å²) in [6.07, 6.45) is 1.08. The van der Waals surface area contributed by atoms with Gasteiger partial charge in [0.2, 0.25) is 5.88 Å². The predicted molar refractivity (Wildman–Crippen MR) is 150 cm³/mol. The highest BCUT2D eigenvalue weighted by Gasteiger charge is 2.25. The summed E-state index contributed by atoms with van der Waals surface area (Å²) in [6, 6.07) is 17.2. The Morgan fingerprint density at radius 1 is 1.14 bits per heavy atom. The number of pyridine rings is 1. The molecule has 0 unspecified atom stereocenters. The summed E-state index contributed by atoms with van der Waals surface area (Å²) in [5.41, 5.74) is 4.39. The smallest absolute Gasteiger partial charge is 0.335 e. The molecule has 1 atom stereocenters. The topological polar surface area (TPSA) is 118 Å². The van der Waals surface area contributed by atoms with E-state index in [9.17, 15) is 14.3 Å². The number of benzene rings is 2. The number of imidazole rings is 1. The molecule has 10 nitrogen and oxygen atoms in total. The largest absolute Gasteiger partial charge is 0.478 e. The molecule has 0 saturated carbocycles. The fraction of sp³-hybridized carbons (Fsp3) is 0.290. The van der Waals surface area contributed by atoms with E-state index in [-0.39, 0.29) is 23.8 Å². The van der Waals surface area contributed by atoms with E-state index < -0.39 is 11.8 Å². The number of carboxylic acid groups (broad SMARTS) is 1. The molecule has 0 amide bonds. The van der Waals surface area contributed by atoms with Crippen LogP contribution in [0.15, 0.2) is 54.6 Å². The molecule has 0 spiro atoms. The number of fused-ring (bicyclic) bond motifs is 4. The van der Waals surface area contributed by atoms with Crippen LogP contribution in [-0.4, -0.2) is 54.3 Å². The SMILES string of the molecule is N#Cc1ccc(COc2ccc3cc4n(c3n2)CCN(Cc2nc3ccc(C(=O)O)cc3n2C[C@@H]2CCO2)C4)c(F)c1. The van der Waals surface area contributed by atoms with Crippen molar-refractivity contribution in [2.24, 2.45) is 0 Å². The average molecular weight is 567 g/mol. The van der Waals surface area contributed by atoms with Gasteiger partial charge in [0.15, 0.2) is 0 Å². The van der Waals surface area contributed by atoms with E-state index in [0.29, 0.717) is 31.1 Å². The zero-order valence-electron chi connectivity index (χ0n) is 22.7. The van der Waals surface area contributed by atoms with Gasteiger partial charge in [0, 0.05) is 49.0 Å². The van der Waals surface area contributed by atoms with Gasteiger partial charge in [-0.2, -0.15) is 10.2 Å². The third-order valence-corrected chi connectivity index (χ3v) is 8.01. The number of hydrogen-bond acceptors (Lipinski definition) is 7. The van der Waals surface area contributed by atoms with E-state index in [4.69, 9.17) is 24.7 Å². The predicted octanol–water partition coefficient (Wildman–Crippen LogP) is 4.48. The molecule has 2 aliphatic rings. The van der Waals surface area contributed by atoms with Crippen LogP contribution in [0.25, 0.3) is 22.1 Å². The summed E-state index contributed by atoms with van der Waals surface area (Å²) < 4.78 is 30.1. The lowest BCUT2D eigenvalue weighted by Crippen LogP contribution is -2.35. The molecule has 2 aliphatic heterocycles. The molecule has 2 aromatic carbocycles. The fourth-order valence-corrected chi connectivity index (χ4v) is 5.66. The van der Waals surface area contributed by atoms with Gasteiger partial charge >= 0.3 is 5.97 Å². The van der Waals surface area contributed by atoms with E-state index in [1.165, 1.54) is 6.07 Å². The highest BCUT2D eigenvalue weighted by atomic mass is 19.1. The Hall–Kier alpha value is -4.79. The number of ether oxygens (including phenoxy) is 2. The quantitative estimate of drug-likeness (QED) is 0.292. The van der Waals surface area contributed by atoms with Crippen LogP contribution in [0.4, 0.5) is 4.39 Å². The zero-order valence-corrected chi connectivity index (χ0v) is 22.7. The molecule has 212 valence electrons. The zero-order chi connectivity index (χ0) is 28.8. The molecule has 3 aromatic heterocycles. The summed E-state index contributed by atoms with van der Waals surface area (Å²) in [4.78, 5) is 23.5. The van der Waals surface area contributed by atoms with Crippen LogP contribution in [0.5, 0.6) is 5.88 Å². The van der Waals surface area contributed by atoms with Crippen molar-refractivity contribution in [2.75, 3.05) is 13.2 Å².